The third kappa shape index (κ3) is 3.13. The third-order valence-corrected chi connectivity index (χ3v) is 8.92. The van der Waals surface area contributed by atoms with Gasteiger partial charge in [0.15, 0.2) is 9.84 Å². The van der Waals surface area contributed by atoms with E-state index < -0.39 is 29.9 Å². The van der Waals surface area contributed by atoms with Gasteiger partial charge in [-0.2, -0.15) is 9.57 Å². The van der Waals surface area contributed by atoms with Gasteiger partial charge in [0.25, 0.3) is 0 Å². The standard InChI is InChI=1S/C15H20N2O4S2/c1-15(2,3)22(18,19)13-8-9-17(11-13)23(20,21)14-7-5-4-6-12(14)10-16/h4-7,13H,8-9,11H2,1-3H3. The van der Waals surface area contributed by atoms with E-state index in [1.165, 1.54) is 12.1 Å². The molecule has 0 aromatic heterocycles. The van der Waals surface area contributed by atoms with Gasteiger partial charge in [0.2, 0.25) is 10.0 Å². The Labute approximate surface area is 137 Å². The number of sulfonamides is 1. The van der Waals surface area contributed by atoms with E-state index in [1.807, 2.05) is 6.07 Å². The summed E-state index contributed by atoms with van der Waals surface area (Å²) >= 11 is 0. The predicted molar refractivity (Wildman–Crippen MR) is 87.0 cm³/mol. The fourth-order valence-electron chi connectivity index (χ4n) is 2.59. The smallest absolute Gasteiger partial charge is 0.228 e. The summed E-state index contributed by atoms with van der Waals surface area (Å²) in [6, 6.07) is 7.82. The highest BCUT2D eigenvalue weighted by Crippen LogP contribution is 2.30. The minimum absolute atomic E-state index is 0.0645. The molecule has 1 aromatic rings. The van der Waals surface area contributed by atoms with Gasteiger partial charge in [-0.15, -0.1) is 0 Å². The van der Waals surface area contributed by atoms with Gasteiger partial charge in [-0.05, 0) is 39.3 Å². The Hall–Kier alpha value is -1.43. The highest BCUT2D eigenvalue weighted by Gasteiger charge is 2.44. The molecule has 6 nitrogen and oxygen atoms in total. The topological polar surface area (TPSA) is 95.3 Å². The van der Waals surface area contributed by atoms with Crippen molar-refractivity contribution in [1.82, 2.24) is 4.31 Å². The Bertz CT molecular complexity index is 846. The van der Waals surface area contributed by atoms with E-state index in [-0.39, 0.29) is 30.0 Å². The lowest BCUT2D eigenvalue weighted by atomic mass is 10.2. The second-order valence-electron chi connectivity index (χ2n) is 6.54. The van der Waals surface area contributed by atoms with Gasteiger partial charge >= 0.3 is 0 Å². The van der Waals surface area contributed by atoms with E-state index in [0.717, 1.165) is 4.31 Å². The lowest BCUT2D eigenvalue weighted by Gasteiger charge is -2.24. The summed E-state index contributed by atoms with van der Waals surface area (Å²) in [6.07, 6.45) is 0.271. The summed E-state index contributed by atoms with van der Waals surface area (Å²) in [5.41, 5.74) is 0.0645. The molecule has 1 fully saturated rings. The summed E-state index contributed by atoms with van der Waals surface area (Å²) < 4.78 is 50.7. The first-order chi connectivity index (χ1) is 10.5. The van der Waals surface area contributed by atoms with Crippen molar-refractivity contribution in [2.24, 2.45) is 0 Å². The molecule has 1 unspecified atom stereocenters. The van der Waals surface area contributed by atoms with E-state index >= 15 is 0 Å². The molecule has 0 amide bonds. The summed E-state index contributed by atoms with van der Waals surface area (Å²) in [5, 5.41) is 8.37. The molecule has 0 bridgehead atoms. The van der Waals surface area contributed by atoms with Gasteiger partial charge in [0, 0.05) is 13.1 Å². The first-order valence-electron chi connectivity index (χ1n) is 7.24. The van der Waals surface area contributed by atoms with E-state index in [2.05, 4.69) is 0 Å². The Balaban J connectivity index is 2.34. The average molecular weight is 356 g/mol. The largest absolute Gasteiger partial charge is 0.244 e. The monoisotopic (exact) mass is 356 g/mol. The summed E-state index contributed by atoms with van der Waals surface area (Å²) in [5.74, 6) is 0. The van der Waals surface area contributed by atoms with Crippen LogP contribution in [0, 0.1) is 11.3 Å². The van der Waals surface area contributed by atoms with Crippen molar-refractivity contribution < 1.29 is 16.8 Å². The van der Waals surface area contributed by atoms with E-state index in [0.29, 0.717) is 0 Å². The Kier molecular flexibility index (Phi) is 4.59. The first kappa shape index (κ1) is 17.9. The molecule has 1 heterocycles. The highest BCUT2D eigenvalue weighted by atomic mass is 32.2. The highest BCUT2D eigenvalue weighted by molar-refractivity contribution is 7.93. The van der Waals surface area contributed by atoms with Crippen LogP contribution in [0.15, 0.2) is 29.2 Å². The maximum atomic E-state index is 12.7. The predicted octanol–water partition coefficient (Wildman–Crippen LogP) is 1.53. The van der Waals surface area contributed by atoms with Gasteiger partial charge in [-0.1, -0.05) is 12.1 Å². The van der Waals surface area contributed by atoms with Crippen LogP contribution in [0.2, 0.25) is 0 Å². The molecule has 0 N–H and O–H groups in total. The molecule has 1 aliphatic heterocycles. The fraction of sp³-hybridized carbons (Fsp3) is 0.533. The van der Waals surface area contributed by atoms with Crippen molar-refractivity contribution >= 4 is 19.9 Å². The van der Waals surface area contributed by atoms with Crippen LogP contribution >= 0.6 is 0 Å². The van der Waals surface area contributed by atoms with E-state index in [1.54, 1.807) is 32.9 Å². The normalized spacial score (nSPS) is 20.3. The van der Waals surface area contributed by atoms with Crippen LogP contribution in [0.5, 0.6) is 0 Å². The molecule has 1 saturated heterocycles. The molecule has 1 atom stereocenters. The van der Waals surface area contributed by atoms with Gasteiger partial charge in [0.1, 0.15) is 6.07 Å². The van der Waals surface area contributed by atoms with E-state index in [9.17, 15) is 16.8 Å². The number of benzene rings is 1. The quantitative estimate of drug-likeness (QED) is 0.818. The van der Waals surface area contributed by atoms with Crippen molar-refractivity contribution in [2.75, 3.05) is 13.1 Å². The number of hydrogen-bond donors (Lipinski definition) is 0. The second kappa shape index (κ2) is 5.89. The molecule has 126 valence electrons. The van der Waals surface area contributed by atoms with Crippen molar-refractivity contribution in [3.63, 3.8) is 0 Å². The number of rotatable bonds is 3. The zero-order valence-corrected chi connectivity index (χ0v) is 15.0. The van der Waals surface area contributed by atoms with Crippen LogP contribution in [0.1, 0.15) is 32.8 Å². The molecule has 0 saturated carbocycles. The first-order valence-corrected chi connectivity index (χ1v) is 10.2. The third-order valence-electron chi connectivity index (χ3n) is 4.03. The van der Waals surface area contributed by atoms with Crippen LogP contribution < -0.4 is 0 Å². The minimum Gasteiger partial charge on any atom is -0.228 e. The lowest BCUT2D eigenvalue weighted by molar-refractivity contribution is 0.475. The molecular formula is C15H20N2O4S2. The van der Waals surface area contributed by atoms with Crippen molar-refractivity contribution in [2.45, 2.75) is 42.1 Å². The lowest BCUT2D eigenvalue weighted by Crippen LogP contribution is -2.39. The number of hydrogen-bond acceptors (Lipinski definition) is 5. The van der Waals surface area contributed by atoms with Gasteiger partial charge < -0.3 is 0 Å². The molecule has 2 rings (SSSR count). The van der Waals surface area contributed by atoms with Gasteiger partial charge in [-0.25, -0.2) is 16.8 Å². The zero-order chi connectivity index (χ0) is 17.5. The maximum Gasteiger partial charge on any atom is 0.244 e. The van der Waals surface area contributed by atoms with Crippen molar-refractivity contribution in [1.29, 1.82) is 5.26 Å². The SMILES string of the molecule is CC(C)(C)S(=O)(=O)C1CCN(S(=O)(=O)c2ccccc2C#N)C1. The minimum atomic E-state index is -3.87. The molecule has 0 aliphatic carbocycles. The Morgan fingerprint density at radius 2 is 1.78 bits per heavy atom. The molecular weight excluding hydrogens is 336 g/mol. The van der Waals surface area contributed by atoms with Gasteiger partial charge in [-0.3, -0.25) is 0 Å². The van der Waals surface area contributed by atoms with Crippen LogP contribution in [0.25, 0.3) is 0 Å². The molecule has 23 heavy (non-hydrogen) atoms. The molecule has 1 aromatic carbocycles. The maximum absolute atomic E-state index is 12.7. The van der Waals surface area contributed by atoms with Gasteiger partial charge in [0.05, 0.1) is 20.5 Å². The second-order valence-corrected chi connectivity index (χ2v) is 11.4. The summed E-state index contributed by atoms with van der Waals surface area (Å²) in [6.45, 7) is 4.92. The van der Waals surface area contributed by atoms with Crippen molar-refractivity contribution in [3.05, 3.63) is 29.8 Å². The van der Waals surface area contributed by atoms with Crippen LogP contribution in [-0.2, 0) is 19.9 Å². The molecule has 0 radical (unpaired) electrons. The van der Waals surface area contributed by atoms with Crippen LogP contribution in [-0.4, -0.2) is 44.2 Å². The zero-order valence-electron chi connectivity index (χ0n) is 13.4. The summed E-state index contributed by atoms with van der Waals surface area (Å²) in [4.78, 5) is -0.0729. The number of sulfone groups is 1. The number of nitrogens with zero attached hydrogens (tertiary/aromatic N) is 2. The molecule has 0 spiro atoms. The van der Waals surface area contributed by atoms with Crippen LogP contribution in [0.3, 0.4) is 0 Å². The van der Waals surface area contributed by atoms with Crippen molar-refractivity contribution in [3.8, 4) is 6.07 Å². The molecule has 8 heteroatoms. The average Bonchev–Trinajstić information content (AvgIpc) is 2.97. The van der Waals surface area contributed by atoms with Crippen LogP contribution in [0.4, 0.5) is 0 Å². The number of nitriles is 1. The summed E-state index contributed by atoms with van der Waals surface area (Å²) in [7, 11) is -7.31. The Morgan fingerprint density at radius 1 is 1.17 bits per heavy atom. The fourth-order valence-corrected chi connectivity index (χ4v) is 6.12. The Morgan fingerprint density at radius 3 is 2.35 bits per heavy atom. The van der Waals surface area contributed by atoms with E-state index in [4.69, 9.17) is 5.26 Å². The molecule has 1 aliphatic rings.